The van der Waals surface area contributed by atoms with E-state index in [0.717, 1.165) is 29.9 Å². The monoisotopic (exact) mass is 414 g/mol. The van der Waals surface area contributed by atoms with E-state index in [-0.39, 0.29) is 17.4 Å². The first-order valence-corrected chi connectivity index (χ1v) is 11.5. The number of rotatable bonds is 9. The van der Waals surface area contributed by atoms with Gasteiger partial charge in [-0.3, -0.25) is 9.59 Å². The van der Waals surface area contributed by atoms with Crippen molar-refractivity contribution in [3.63, 3.8) is 0 Å². The zero-order chi connectivity index (χ0) is 20.6. The highest BCUT2D eigenvalue weighted by molar-refractivity contribution is 7.99. The predicted octanol–water partition coefficient (Wildman–Crippen LogP) is 4.74. The summed E-state index contributed by atoms with van der Waals surface area (Å²) in [6.07, 6.45) is 8.91. The zero-order valence-corrected chi connectivity index (χ0v) is 18.1. The molecule has 0 atom stereocenters. The number of Topliss-reactive ketones (excluding diaryl/α,β-unsaturated/α-hetero) is 1. The molecular weight excluding hydrogens is 384 g/mol. The second-order valence-corrected chi connectivity index (χ2v) is 8.60. The number of aromatic nitrogens is 3. The van der Waals surface area contributed by atoms with Crippen LogP contribution in [0.4, 0.5) is 5.69 Å². The summed E-state index contributed by atoms with van der Waals surface area (Å²) in [6, 6.07) is 6.99. The minimum absolute atomic E-state index is 0.0210. The van der Waals surface area contributed by atoms with Gasteiger partial charge in [0, 0.05) is 24.2 Å². The first-order chi connectivity index (χ1) is 14.1. The average molecular weight is 415 g/mol. The van der Waals surface area contributed by atoms with Crippen molar-refractivity contribution in [1.82, 2.24) is 14.8 Å². The molecule has 1 aliphatic rings. The maximum absolute atomic E-state index is 12.3. The summed E-state index contributed by atoms with van der Waals surface area (Å²) in [4.78, 5) is 23.8. The van der Waals surface area contributed by atoms with Crippen LogP contribution < -0.4 is 5.32 Å². The van der Waals surface area contributed by atoms with Crippen LogP contribution in [0.2, 0.25) is 0 Å². The van der Waals surface area contributed by atoms with Crippen molar-refractivity contribution in [1.29, 1.82) is 0 Å². The summed E-state index contributed by atoms with van der Waals surface area (Å²) in [5.74, 6) is 1.95. The van der Waals surface area contributed by atoms with Crippen LogP contribution in [0.1, 0.15) is 68.6 Å². The molecule has 1 saturated carbocycles. The highest BCUT2D eigenvalue weighted by atomic mass is 32.2. The van der Waals surface area contributed by atoms with Gasteiger partial charge in [0.15, 0.2) is 10.9 Å². The summed E-state index contributed by atoms with van der Waals surface area (Å²) in [6.45, 7) is 4.41. The second kappa shape index (κ2) is 10.6. The van der Waals surface area contributed by atoms with Crippen LogP contribution in [0.5, 0.6) is 0 Å². The third kappa shape index (κ3) is 6.16. The van der Waals surface area contributed by atoms with Gasteiger partial charge in [0.05, 0.1) is 5.75 Å². The first-order valence-electron chi connectivity index (χ1n) is 10.5. The van der Waals surface area contributed by atoms with Crippen LogP contribution in [0.15, 0.2) is 29.4 Å². The van der Waals surface area contributed by atoms with Crippen molar-refractivity contribution < 1.29 is 9.59 Å². The molecule has 6 nitrogen and oxygen atoms in total. The molecule has 1 N–H and O–H groups in total. The summed E-state index contributed by atoms with van der Waals surface area (Å²) in [5, 5.41) is 12.3. The minimum Gasteiger partial charge on any atom is -0.325 e. The number of hydrogen-bond acceptors (Lipinski definition) is 5. The number of amides is 1. The number of thioether (sulfide) groups is 1. The fourth-order valence-electron chi connectivity index (χ4n) is 3.88. The Morgan fingerprint density at radius 3 is 2.72 bits per heavy atom. The number of carbonyl (C=O) groups is 2. The molecule has 3 rings (SSSR count). The van der Waals surface area contributed by atoms with E-state index in [9.17, 15) is 9.59 Å². The van der Waals surface area contributed by atoms with E-state index in [1.54, 1.807) is 24.3 Å². The molecule has 29 heavy (non-hydrogen) atoms. The topological polar surface area (TPSA) is 76.9 Å². The number of anilines is 1. The van der Waals surface area contributed by atoms with E-state index >= 15 is 0 Å². The maximum Gasteiger partial charge on any atom is 0.234 e. The van der Waals surface area contributed by atoms with Gasteiger partial charge in [0.2, 0.25) is 5.91 Å². The molecule has 0 bridgehead atoms. The molecule has 1 fully saturated rings. The third-order valence-electron chi connectivity index (χ3n) is 5.50. The lowest BCUT2D eigenvalue weighted by molar-refractivity contribution is -0.113. The molecule has 0 unspecified atom stereocenters. The van der Waals surface area contributed by atoms with Crippen LogP contribution in [0.25, 0.3) is 0 Å². The molecular formula is C22H30N4O2S. The fraction of sp³-hybridized carbons (Fsp3) is 0.545. The molecule has 156 valence electrons. The number of hydrogen-bond donors (Lipinski definition) is 1. The number of ketones is 1. The van der Waals surface area contributed by atoms with Gasteiger partial charge in [0.1, 0.15) is 5.82 Å². The van der Waals surface area contributed by atoms with Crippen molar-refractivity contribution in [2.45, 2.75) is 70.5 Å². The molecule has 0 radical (unpaired) electrons. The van der Waals surface area contributed by atoms with E-state index in [2.05, 4.69) is 27.0 Å². The van der Waals surface area contributed by atoms with Gasteiger partial charge in [-0.05, 0) is 38.3 Å². The summed E-state index contributed by atoms with van der Waals surface area (Å²) in [7, 11) is 0. The Morgan fingerprint density at radius 1 is 1.21 bits per heavy atom. The quantitative estimate of drug-likeness (QED) is 0.473. The lowest BCUT2D eigenvalue weighted by atomic mass is 9.86. The summed E-state index contributed by atoms with van der Waals surface area (Å²) in [5.41, 5.74) is 1.22. The molecule has 2 aromatic rings. The van der Waals surface area contributed by atoms with E-state index in [1.807, 2.05) is 0 Å². The van der Waals surface area contributed by atoms with Crippen LogP contribution in [0.3, 0.4) is 0 Å². The van der Waals surface area contributed by atoms with E-state index < -0.39 is 0 Å². The Balaban J connectivity index is 1.53. The average Bonchev–Trinajstić information content (AvgIpc) is 3.13. The Bertz CT molecular complexity index is 843. The largest absolute Gasteiger partial charge is 0.325 e. The van der Waals surface area contributed by atoms with Gasteiger partial charge >= 0.3 is 0 Å². The molecule has 1 amide bonds. The van der Waals surface area contributed by atoms with Crippen LogP contribution in [-0.4, -0.2) is 32.2 Å². The maximum atomic E-state index is 12.3. The molecule has 1 aliphatic carbocycles. The Kier molecular flexibility index (Phi) is 7.86. The Hall–Kier alpha value is -2.15. The van der Waals surface area contributed by atoms with E-state index in [1.165, 1.54) is 57.2 Å². The normalized spacial score (nSPS) is 14.7. The number of benzene rings is 1. The lowest BCUT2D eigenvalue weighted by Gasteiger charge is -2.21. The Morgan fingerprint density at radius 2 is 2.00 bits per heavy atom. The van der Waals surface area contributed by atoms with Gasteiger partial charge in [0.25, 0.3) is 0 Å². The highest BCUT2D eigenvalue weighted by Gasteiger charge is 2.17. The van der Waals surface area contributed by atoms with Crippen molar-refractivity contribution in [3.05, 3.63) is 35.7 Å². The molecule has 0 saturated heterocycles. The lowest BCUT2D eigenvalue weighted by Crippen LogP contribution is -2.15. The van der Waals surface area contributed by atoms with Crippen molar-refractivity contribution in [2.24, 2.45) is 5.92 Å². The fourth-order valence-corrected chi connectivity index (χ4v) is 4.70. The number of aryl methyl sites for hydroxylation is 1. The number of nitrogens with zero attached hydrogens (tertiary/aromatic N) is 3. The zero-order valence-electron chi connectivity index (χ0n) is 17.3. The summed E-state index contributed by atoms with van der Waals surface area (Å²) < 4.78 is 2.12. The third-order valence-corrected chi connectivity index (χ3v) is 6.46. The van der Waals surface area contributed by atoms with Gasteiger partial charge in [-0.1, -0.05) is 56.0 Å². The second-order valence-electron chi connectivity index (χ2n) is 7.66. The molecule has 1 aromatic heterocycles. The number of nitrogens with one attached hydrogen (secondary N) is 1. The molecule has 0 spiro atoms. The standard InChI is InChI=1S/C22H30N4O2S/c1-3-26-20(13-12-17-8-5-4-6-9-17)24-25-22(26)29-15-21(28)23-19-11-7-10-18(14-19)16(2)27/h7,10-11,14,17H,3-6,8-9,12-13,15H2,1-2H3,(H,23,28). The van der Waals surface area contributed by atoms with Crippen molar-refractivity contribution in [2.75, 3.05) is 11.1 Å². The van der Waals surface area contributed by atoms with Gasteiger partial charge in [-0.25, -0.2) is 0 Å². The van der Waals surface area contributed by atoms with Crippen LogP contribution in [0, 0.1) is 5.92 Å². The Labute approximate surface area is 176 Å². The molecule has 1 aromatic carbocycles. The van der Waals surface area contributed by atoms with Gasteiger partial charge in [-0.15, -0.1) is 10.2 Å². The minimum atomic E-state index is -0.120. The van der Waals surface area contributed by atoms with Crippen molar-refractivity contribution >= 4 is 29.1 Å². The molecule has 1 heterocycles. The van der Waals surface area contributed by atoms with Crippen LogP contribution in [-0.2, 0) is 17.8 Å². The predicted molar refractivity (Wildman–Crippen MR) is 116 cm³/mol. The van der Waals surface area contributed by atoms with E-state index in [0.29, 0.717) is 11.3 Å². The smallest absolute Gasteiger partial charge is 0.234 e. The number of carbonyl (C=O) groups excluding carboxylic acids is 2. The van der Waals surface area contributed by atoms with Crippen LogP contribution >= 0.6 is 11.8 Å². The van der Waals surface area contributed by atoms with Crippen molar-refractivity contribution in [3.8, 4) is 0 Å². The first kappa shape index (κ1) is 21.6. The summed E-state index contributed by atoms with van der Waals surface area (Å²) >= 11 is 1.40. The molecule has 7 heteroatoms. The van der Waals surface area contributed by atoms with Gasteiger partial charge in [-0.2, -0.15) is 0 Å². The SMILES string of the molecule is CCn1c(CCC2CCCCC2)nnc1SCC(=O)Nc1cccc(C(C)=O)c1. The highest BCUT2D eigenvalue weighted by Crippen LogP contribution is 2.28. The van der Waals surface area contributed by atoms with E-state index in [4.69, 9.17) is 0 Å². The van der Waals surface area contributed by atoms with Gasteiger partial charge < -0.3 is 9.88 Å². The molecule has 0 aliphatic heterocycles.